The van der Waals surface area contributed by atoms with Crippen LogP contribution in [0.4, 0.5) is 0 Å². The van der Waals surface area contributed by atoms with Crippen molar-refractivity contribution in [1.29, 1.82) is 0 Å². The van der Waals surface area contributed by atoms with Crippen LogP contribution in [0.15, 0.2) is 29.2 Å². The Morgan fingerprint density at radius 2 is 1.95 bits per heavy atom. The first-order valence-corrected chi connectivity index (χ1v) is 8.40. The number of hydrogen-bond donors (Lipinski definition) is 1. The van der Waals surface area contributed by atoms with Crippen LogP contribution in [0.2, 0.25) is 0 Å². The van der Waals surface area contributed by atoms with E-state index in [0.29, 0.717) is 23.8 Å². The van der Waals surface area contributed by atoms with E-state index in [-0.39, 0.29) is 6.04 Å². The van der Waals surface area contributed by atoms with E-state index < -0.39 is 10.0 Å². The third kappa shape index (κ3) is 3.31. The maximum absolute atomic E-state index is 12.4. The van der Waals surface area contributed by atoms with E-state index >= 15 is 0 Å². The van der Waals surface area contributed by atoms with Crippen LogP contribution in [-0.4, -0.2) is 39.0 Å². The van der Waals surface area contributed by atoms with Crippen LogP contribution in [0, 0.1) is 0 Å². The van der Waals surface area contributed by atoms with Crippen molar-refractivity contribution in [2.75, 3.05) is 20.2 Å². The lowest BCUT2D eigenvalue weighted by Gasteiger charge is -2.33. The summed E-state index contributed by atoms with van der Waals surface area (Å²) in [5, 5.41) is 0. The van der Waals surface area contributed by atoms with Crippen LogP contribution >= 0.6 is 0 Å². The highest BCUT2D eigenvalue weighted by Gasteiger charge is 2.31. The second-order valence-electron chi connectivity index (χ2n) is 5.07. The highest BCUT2D eigenvalue weighted by Crippen LogP contribution is 2.29. The molecular formula is C14H22N2O3S. The standard InChI is InChI=1S/C14H22N2O3S/c1-16(12-4-2-5-12)20(17,18)14-8-6-13(7-9-14)19-11-3-10-15/h6-9,12H,2-5,10-11,15H2,1H3. The van der Waals surface area contributed by atoms with Crippen LogP contribution in [0.5, 0.6) is 5.75 Å². The van der Waals surface area contributed by atoms with Crippen molar-refractivity contribution >= 4 is 10.0 Å². The molecule has 6 heteroatoms. The number of sulfonamides is 1. The maximum atomic E-state index is 12.4. The Morgan fingerprint density at radius 3 is 2.45 bits per heavy atom. The van der Waals surface area contributed by atoms with Gasteiger partial charge in [-0.15, -0.1) is 0 Å². The van der Waals surface area contributed by atoms with Crippen LogP contribution < -0.4 is 10.5 Å². The van der Waals surface area contributed by atoms with Gasteiger partial charge < -0.3 is 10.5 Å². The number of hydrogen-bond acceptors (Lipinski definition) is 4. The fourth-order valence-electron chi connectivity index (χ4n) is 2.09. The van der Waals surface area contributed by atoms with Crippen molar-refractivity contribution in [2.45, 2.75) is 36.6 Å². The monoisotopic (exact) mass is 298 g/mol. The fourth-order valence-corrected chi connectivity index (χ4v) is 3.51. The van der Waals surface area contributed by atoms with Gasteiger partial charge in [-0.2, -0.15) is 4.31 Å². The number of nitrogens with zero attached hydrogens (tertiary/aromatic N) is 1. The molecule has 1 saturated carbocycles. The zero-order valence-corrected chi connectivity index (χ0v) is 12.6. The third-order valence-corrected chi connectivity index (χ3v) is 5.63. The first-order chi connectivity index (χ1) is 9.55. The van der Waals surface area contributed by atoms with Gasteiger partial charge in [-0.3, -0.25) is 0 Å². The molecule has 0 bridgehead atoms. The molecule has 0 atom stereocenters. The van der Waals surface area contributed by atoms with Crippen molar-refractivity contribution < 1.29 is 13.2 Å². The van der Waals surface area contributed by atoms with Crippen molar-refractivity contribution in [1.82, 2.24) is 4.31 Å². The fraction of sp³-hybridized carbons (Fsp3) is 0.571. The number of rotatable bonds is 7. The minimum atomic E-state index is -3.38. The lowest BCUT2D eigenvalue weighted by atomic mass is 9.94. The molecule has 0 amide bonds. The van der Waals surface area contributed by atoms with E-state index in [4.69, 9.17) is 10.5 Å². The van der Waals surface area contributed by atoms with E-state index in [1.54, 1.807) is 31.3 Å². The molecule has 0 unspecified atom stereocenters. The van der Waals surface area contributed by atoms with Crippen molar-refractivity contribution in [2.24, 2.45) is 5.73 Å². The smallest absolute Gasteiger partial charge is 0.243 e. The summed E-state index contributed by atoms with van der Waals surface area (Å²) in [5.41, 5.74) is 5.39. The lowest BCUT2D eigenvalue weighted by molar-refractivity contribution is 0.249. The summed E-state index contributed by atoms with van der Waals surface area (Å²) in [5.74, 6) is 0.670. The van der Waals surface area contributed by atoms with E-state index in [0.717, 1.165) is 25.7 Å². The first kappa shape index (κ1) is 15.3. The Labute approximate surface area is 120 Å². The van der Waals surface area contributed by atoms with E-state index in [9.17, 15) is 8.42 Å². The second kappa shape index (κ2) is 6.56. The molecule has 5 nitrogen and oxygen atoms in total. The van der Waals surface area contributed by atoms with Crippen LogP contribution in [0.1, 0.15) is 25.7 Å². The summed E-state index contributed by atoms with van der Waals surface area (Å²) >= 11 is 0. The molecule has 0 heterocycles. The molecule has 0 spiro atoms. The van der Waals surface area contributed by atoms with Crippen LogP contribution in [0.25, 0.3) is 0 Å². The minimum absolute atomic E-state index is 0.153. The maximum Gasteiger partial charge on any atom is 0.243 e. The zero-order valence-electron chi connectivity index (χ0n) is 11.8. The van der Waals surface area contributed by atoms with Gasteiger partial charge in [0.1, 0.15) is 5.75 Å². The Hall–Kier alpha value is -1.11. The summed E-state index contributed by atoms with van der Waals surface area (Å²) < 4.78 is 31.8. The molecule has 2 N–H and O–H groups in total. The Balaban J connectivity index is 2.04. The van der Waals surface area contributed by atoms with Gasteiger partial charge in [0, 0.05) is 13.1 Å². The lowest BCUT2D eigenvalue weighted by Crippen LogP contribution is -2.41. The Kier molecular flexibility index (Phi) is 5.01. The molecule has 1 aliphatic rings. The molecule has 20 heavy (non-hydrogen) atoms. The van der Waals surface area contributed by atoms with Gasteiger partial charge >= 0.3 is 0 Å². The molecule has 0 radical (unpaired) electrons. The normalized spacial score (nSPS) is 16.1. The Morgan fingerprint density at radius 1 is 1.30 bits per heavy atom. The summed E-state index contributed by atoms with van der Waals surface area (Å²) in [4.78, 5) is 0.318. The molecule has 1 aromatic carbocycles. The van der Waals surface area contributed by atoms with E-state index in [1.165, 1.54) is 4.31 Å². The van der Waals surface area contributed by atoms with Crippen molar-refractivity contribution in [3.8, 4) is 5.75 Å². The first-order valence-electron chi connectivity index (χ1n) is 6.96. The number of nitrogens with two attached hydrogens (primary N) is 1. The average molecular weight is 298 g/mol. The van der Waals surface area contributed by atoms with E-state index in [2.05, 4.69) is 0 Å². The summed E-state index contributed by atoms with van der Waals surface area (Å²) in [6, 6.07) is 6.74. The summed E-state index contributed by atoms with van der Waals surface area (Å²) in [6.45, 7) is 1.13. The molecule has 1 aromatic rings. The van der Waals surface area contributed by atoms with Gasteiger partial charge in [-0.25, -0.2) is 8.42 Å². The van der Waals surface area contributed by atoms with Gasteiger partial charge in [0.2, 0.25) is 10.0 Å². The minimum Gasteiger partial charge on any atom is -0.494 e. The molecule has 2 rings (SSSR count). The predicted molar refractivity (Wildman–Crippen MR) is 78.2 cm³/mol. The second-order valence-corrected chi connectivity index (χ2v) is 7.07. The largest absolute Gasteiger partial charge is 0.494 e. The molecular weight excluding hydrogens is 276 g/mol. The van der Waals surface area contributed by atoms with Gasteiger partial charge in [0.15, 0.2) is 0 Å². The summed E-state index contributed by atoms with van der Waals surface area (Å²) in [7, 11) is -1.73. The highest BCUT2D eigenvalue weighted by atomic mass is 32.2. The van der Waals surface area contributed by atoms with Gasteiger partial charge in [-0.1, -0.05) is 6.42 Å². The van der Waals surface area contributed by atoms with Gasteiger partial charge in [0.05, 0.1) is 11.5 Å². The van der Waals surface area contributed by atoms with Gasteiger partial charge in [-0.05, 0) is 50.1 Å². The average Bonchev–Trinajstić information content (AvgIpc) is 2.37. The SMILES string of the molecule is CN(C1CCC1)S(=O)(=O)c1ccc(OCCCN)cc1. The van der Waals surface area contributed by atoms with E-state index in [1.807, 2.05) is 0 Å². The molecule has 1 fully saturated rings. The molecule has 0 aliphatic heterocycles. The Bertz CT molecular complexity index is 524. The number of benzene rings is 1. The topological polar surface area (TPSA) is 72.6 Å². The van der Waals surface area contributed by atoms with Crippen molar-refractivity contribution in [3.63, 3.8) is 0 Å². The summed E-state index contributed by atoms with van der Waals surface area (Å²) in [6.07, 6.45) is 3.80. The zero-order chi connectivity index (χ0) is 14.6. The van der Waals surface area contributed by atoms with Crippen molar-refractivity contribution in [3.05, 3.63) is 24.3 Å². The highest BCUT2D eigenvalue weighted by molar-refractivity contribution is 7.89. The molecule has 0 saturated heterocycles. The van der Waals surface area contributed by atoms with Crippen LogP contribution in [-0.2, 0) is 10.0 Å². The predicted octanol–water partition coefficient (Wildman–Crippen LogP) is 1.59. The molecule has 1 aliphatic carbocycles. The third-order valence-electron chi connectivity index (χ3n) is 3.71. The molecule has 0 aromatic heterocycles. The quantitative estimate of drug-likeness (QED) is 0.776. The van der Waals surface area contributed by atoms with Crippen LogP contribution in [0.3, 0.4) is 0 Å². The molecule has 112 valence electrons. The number of ether oxygens (including phenoxy) is 1. The van der Waals surface area contributed by atoms with Gasteiger partial charge in [0.25, 0.3) is 0 Å².